The summed E-state index contributed by atoms with van der Waals surface area (Å²) in [5.41, 5.74) is 0.259. The lowest BCUT2D eigenvalue weighted by atomic mass is 9.94. The van der Waals surface area contributed by atoms with Crippen LogP contribution in [0.1, 0.15) is 36.0 Å². The second kappa shape index (κ2) is 9.73. The number of carbonyl (C=O) groups excluding carboxylic acids is 2. The number of carbonyl (C=O) groups is 2. The van der Waals surface area contributed by atoms with E-state index in [4.69, 9.17) is 0 Å². The number of nitrogens with one attached hydrogen (secondary N) is 1. The molecule has 1 atom stereocenters. The molecule has 170 valence electrons. The van der Waals surface area contributed by atoms with Gasteiger partial charge in [0.15, 0.2) is 0 Å². The Morgan fingerprint density at radius 1 is 0.906 bits per heavy atom. The van der Waals surface area contributed by atoms with Crippen molar-refractivity contribution in [2.24, 2.45) is 5.92 Å². The van der Waals surface area contributed by atoms with Crippen LogP contribution in [0.3, 0.4) is 0 Å². The number of benzene rings is 2. The molecule has 5 nitrogen and oxygen atoms in total. The Bertz CT molecular complexity index is 986. The molecule has 2 aromatic carbocycles. The summed E-state index contributed by atoms with van der Waals surface area (Å²) in [5, 5.41) is 2.63. The van der Waals surface area contributed by atoms with E-state index in [1.54, 1.807) is 11.0 Å². The molecule has 2 aromatic rings. The molecular formula is C24H26F3N3O2. The van der Waals surface area contributed by atoms with Crippen LogP contribution in [0.5, 0.6) is 0 Å². The molecule has 2 amide bonds. The highest BCUT2D eigenvalue weighted by Gasteiger charge is 2.37. The van der Waals surface area contributed by atoms with Gasteiger partial charge in [0.1, 0.15) is 17.5 Å². The zero-order valence-electron chi connectivity index (χ0n) is 17.7. The molecule has 2 aliphatic rings. The van der Waals surface area contributed by atoms with Crippen molar-refractivity contribution in [2.75, 3.05) is 31.5 Å². The quantitative estimate of drug-likeness (QED) is 0.755. The van der Waals surface area contributed by atoms with Crippen molar-refractivity contribution >= 4 is 17.5 Å². The fourth-order valence-corrected chi connectivity index (χ4v) is 4.76. The van der Waals surface area contributed by atoms with Crippen LogP contribution >= 0.6 is 0 Å². The molecule has 0 aromatic heterocycles. The van der Waals surface area contributed by atoms with E-state index in [-0.39, 0.29) is 23.4 Å². The number of hydrogen-bond donors (Lipinski definition) is 1. The summed E-state index contributed by atoms with van der Waals surface area (Å²) in [5.74, 6) is -2.38. The maximum Gasteiger partial charge on any atom is 0.254 e. The first-order valence-corrected chi connectivity index (χ1v) is 11.0. The number of anilines is 1. The maximum absolute atomic E-state index is 14.1. The normalized spacial score (nSPS) is 18.5. The van der Waals surface area contributed by atoms with E-state index in [0.717, 1.165) is 37.8 Å². The van der Waals surface area contributed by atoms with Crippen LogP contribution in [-0.2, 0) is 4.79 Å². The standard InChI is InChI=1S/C24H26F3N3O2/c25-18-7-3-6-17(14-18)24(32)30-12-10-29(11-13-30)22(16-4-1-2-5-16)23(31)28-21-9-8-19(26)15-20(21)27/h3,6-9,14-16,22H,1-2,4-5,10-13H2,(H,28,31)/t22-/m1/s1. The van der Waals surface area contributed by atoms with Gasteiger partial charge in [0.05, 0.1) is 11.7 Å². The van der Waals surface area contributed by atoms with Crippen molar-refractivity contribution in [1.82, 2.24) is 9.80 Å². The van der Waals surface area contributed by atoms with E-state index in [1.165, 1.54) is 24.3 Å². The Kier molecular flexibility index (Phi) is 6.79. The Morgan fingerprint density at radius 3 is 2.25 bits per heavy atom. The van der Waals surface area contributed by atoms with Crippen LogP contribution in [0.25, 0.3) is 0 Å². The van der Waals surface area contributed by atoms with Crippen LogP contribution < -0.4 is 5.32 Å². The van der Waals surface area contributed by atoms with Gasteiger partial charge in [-0.2, -0.15) is 0 Å². The van der Waals surface area contributed by atoms with E-state index < -0.39 is 23.5 Å². The van der Waals surface area contributed by atoms with Crippen LogP contribution in [0.4, 0.5) is 18.9 Å². The number of piperazine rings is 1. The van der Waals surface area contributed by atoms with Crippen molar-refractivity contribution in [3.63, 3.8) is 0 Å². The van der Waals surface area contributed by atoms with Gasteiger partial charge in [-0.1, -0.05) is 18.9 Å². The first kappa shape index (κ1) is 22.3. The summed E-state index contributed by atoms with van der Waals surface area (Å²) in [6.45, 7) is 1.80. The Morgan fingerprint density at radius 2 is 1.59 bits per heavy atom. The smallest absolute Gasteiger partial charge is 0.254 e. The SMILES string of the molecule is O=C(Nc1ccc(F)cc1F)[C@@H](C1CCCC1)N1CCN(C(=O)c2cccc(F)c2)CC1. The molecule has 0 unspecified atom stereocenters. The molecule has 1 N–H and O–H groups in total. The van der Waals surface area contributed by atoms with Crippen molar-refractivity contribution in [2.45, 2.75) is 31.7 Å². The minimum absolute atomic E-state index is 0.0423. The van der Waals surface area contributed by atoms with Gasteiger partial charge in [-0.3, -0.25) is 14.5 Å². The van der Waals surface area contributed by atoms with Crippen LogP contribution in [-0.4, -0.2) is 53.8 Å². The maximum atomic E-state index is 14.1. The first-order chi connectivity index (χ1) is 15.4. The van der Waals surface area contributed by atoms with Gasteiger partial charge in [0, 0.05) is 37.8 Å². The lowest BCUT2D eigenvalue weighted by Gasteiger charge is -2.40. The number of rotatable bonds is 5. The first-order valence-electron chi connectivity index (χ1n) is 11.0. The zero-order chi connectivity index (χ0) is 22.7. The summed E-state index contributed by atoms with van der Waals surface area (Å²) in [6.07, 6.45) is 3.90. The highest BCUT2D eigenvalue weighted by Crippen LogP contribution is 2.32. The Balaban J connectivity index is 1.45. The van der Waals surface area contributed by atoms with Crippen LogP contribution in [0.2, 0.25) is 0 Å². The molecule has 1 aliphatic heterocycles. The van der Waals surface area contributed by atoms with Crippen molar-refractivity contribution in [3.8, 4) is 0 Å². The molecule has 4 rings (SSSR count). The monoisotopic (exact) mass is 445 g/mol. The molecule has 2 fully saturated rings. The fourth-order valence-electron chi connectivity index (χ4n) is 4.76. The molecule has 0 bridgehead atoms. The van der Waals surface area contributed by atoms with Gasteiger partial charge in [-0.05, 0) is 49.1 Å². The molecule has 0 radical (unpaired) electrons. The molecular weight excluding hydrogens is 419 g/mol. The zero-order valence-corrected chi connectivity index (χ0v) is 17.7. The lowest BCUT2D eigenvalue weighted by Crippen LogP contribution is -2.57. The third kappa shape index (κ3) is 4.96. The predicted octanol–water partition coefficient (Wildman–Crippen LogP) is 4.06. The molecule has 32 heavy (non-hydrogen) atoms. The van der Waals surface area contributed by atoms with Crippen LogP contribution in [0, 0.1) is 23.4 Å². The molecule has 1 heterocycles. The molecule has 8 heteroatoms. The fraction of sp³-hybridized carbons (Fsp3) is 0.417. The van der Waals surface area contributed by atoms with E-state index in [2.05, 4.69) is 5.32 Å². The number of halogens is 3. The minimum Gasteiger partial charge on any atom is -0.336 e. The molecule has 0 spiro atoms. The van der Waals surface area contributed by atoms with Gasteiger partial charge in [-0.25, -0.2) is 13.2 Å². The third-order valence-corrected chi connectivity index (χ3v) is 6.37. The summed E-state index contributed by atoms with van der Waals surface area (Å²) in [7, 11) is 0. The summed E-state index contributed by atoms with van der Waals surface area (Å²) in [4.78, 5) is 29.6. The molecule has 1 saturated heterocycles. The average Bonchev–Trinajstić information content (AvgIpc) is 3.30. The summed E-state index contributed by atoms with van der Waals surface area (Å²) >= 11 is 0. The number of nitrogens with zero attached hydrogens (tertiary/aromatic N) is 2. The second-order valence-electron chi connectivity index (χ2n) is 8.44. The van der Waals surface area contributed by atoms with Crippen LogP contribution in [0.15, 0.2) is 42.5 Å². The minimum atomic E-state index is -0.811. The van der Waals surface area contributed by atoms with Gasteiger partial charge in [0.25, 0.3) is 5.91 Å². The summed E-state index contributed by atoms with van der Waals surface area (Å²) in [6, 6.07) is 8.25. The van der Waals surface area contributed by atoms with E-state index in [0.29, 0.717) is 31.7 Å². The second-order valence-corrected chi connectivity index (χ2v) is 8.44. The predicted molar refractivity (Wildman–Crippen MR) is 115 cm³/mol. The highest BCUT2D eigenvalue weighted by molar-refractivity contribution is 5.95. The van der Waals surface area contributed by atoms with E-state index >= 15 is 0 Å². The van der Waals surface area contributed by atoms with Crippen molar-refractivity contribution in [3.05, 3.63) is 65.5 Å². The lowest BCUT2D eigenvalue weighted by molar-refractivity contribution is -0.124. The summed E-state index contributed by atoms with van der Waals surface area (Å²) < 4.78 is 40.8. The highest BCUT2D eigenvalue weighted by atomic mass is 19.1. The third-order valence-electron chi connectivity index (χ3n) is 6.37. The van der Waals surface area contributed by atoms with E-state index in [9.17, 15) is 22.8 Å². The van der Waals surface area contributed by atoms with Gasteiger partial charge >= 0.3 is 0 Å². The molecule has 1 aliphatic carbocycles. The molecule has 1 saturated carbocycles. The topological polar surface area (TPSA) is 52.7 Å². The van der Waals surface area contributed by atoms with Crippen molar-refractivity contribution < 1.29 is 22.8 Å². The average molecular weight is 445 g/mol. The Hall–Kier alpha value is -2.87. The van der Waals surface area contributed by atoms with Gasteiger partial charge < -0.3 is 10.2 Å². The van der Waals surface area contributed by atoms with Gasteiger partial charge in [-0.15, -0.1) is 0 Å². The Labute approximate surface area is 185 Å². The number of hydrogen-bond acceptors (Lipinski definition) is 3. The van der Waals surface area contributed by atoms with Gasteiger partial charge in [0.2, 0.25) is 5.91 Å². The van der Waals surface area contributed by atoms with Crippen molar-refractivity contribution in [1.29, 1.82) is 0 Å². The van der Waals surface area contributed by atoms with E-state index in [1.807, 2.05) is 4.90 Å². The largest absolute Gasteiger partial charge is 0.336 e. The number of amides is 2.